The highest BCUT2D eigenvalue weighted by atomic mass is 16.5. The minimum Gasteiger partial charge on any atom is -0.359 e. The molecule has 0 atom stereocenters. The minimum absolute atomic E-state index is 0.694. The van der Waals surface area contributed by atoms with Crippen molar-refractivity contribution in [2.75, 3.05) is 13.3 Å². The molecule has 1 aliphatic heterocycles. The van der Waals surface area contributed by atoms with Gasteiger partial charge in [0, 0.05) is 6.54 Å². The van der Waals surface area contributed by atoms with Crippen LogP contribution < -0.4 is 5.32 Å². The van der Waals surface area contributed by atoms with Crippen LogP contribution in [-0.4, -0.2) is 13.3 Å². The van der Waals surface area contributed by atoms with Crippen LogP contribution in [0, 0.1) is 6.61 Å². The Hall–Kier alpha value is -0.0800. The maximum absolute atomic E-state index is 4.71. The van der Waals surface area contributed by atoms with Crippen molar-refractivity contribution in [1.29, 1.82) is 0 Å². The van der Waals surface area contributed by atoms with Crippen LogP contribution in [-0.2, 0) is 4.74 Å². The number of ether oxygens (including phenoxy) is 1. The van der Waals surface area contributed by atoms with E-state index in [4.69, 9.17) is 4.74 Å². The zero-order valence-corrected chi connectivity index (χ0v) is 2.90. The van der Waals surface area contributed by atoms with Crippen molar-refractivity contribution in [2.45, 2.75) is 0 Å². The fourth-order valence-corrected chi connectivity index (χ4v) is 0.295. The molecule has 0 aromatic heterocycles. The van der Waals surface area contributed by atoms with Gasteiger partial charge in [0.1, 0.15) is 0 Å². The third kappa shape index (κ3) is 0.597. The second-order valence-corrected chi connectivity index (χ2v) is 0.932. The van der Waals surface area contributed by atoms with Gasteiger partial charge >= 0.3 is 0 Å². The third-order valence-electron chi connectivity index (χ3n) is 0.531. The second-order valence-electron chi connectivity index (χ2n) is 0.932. The van der Waals surface area contributed by atoms with Crippen LogP contribution in [0.2, 0.25) is 0 Å². The van der Waals surface area contributed by atoms with Crippen molar-refractivity contribution in [3.63, 3.8) is 0 Å². The summed E-state index contributed by atoms with van der Waals surface area (Å²) in [6.45, 7) is 3.35. The predicted molar refractivity (Wildman–Crippen MR) is 18.3 cm³/mol. The molecule has 0 unspecified atom stereocenters. The molecule has 1 fully saturated rings. The lowest BCUT2D eigenvalue weighted by atomic mass is 10.7. The molecule has 29 valence electrons. The summed E-state index contributed by atoms with van der Waals surface area (Å²) in [5.41, 5.74) is 0. The molecule has 1 heterocycles. The Morgan fingerprint density at radius 2 is 2.80 bits per heavy atom. The van der Waals surface area contributed by atoms with Crippen molar-refractivity contribution >= 4 is 0 Å². The van der Waals surface area contributed by atoms with Crippen LogP contribution in [0.5, 0.6) is 0 Å². The quantitative estimate of drug-likeness (QED) is 0.425. The molecular formula is C3H6NO. The van der Waals surface area contributed by atoms with Crippen LogP contribution in [0.15, 0.2) is 0 Å². The normalized spacial score (nSPS) is 24.0. The van der Waals surface area contributed by atoms with Gasteiger partial charge in [-0.05, 0) is 0 Å². The van der Waals surface area contributed by atoms with Gasteiger partial charge in [-0.15, -0.1) is 0 Å². The van der Waals surface area contributed by atoms with Crippen LogP contribution >= 0.6 is 0 Å². The monoisotopic (exact) mass is 72.0 g/mol. The molecule has 1 aliphatic rings. The molecule has 2 heteroatoms. The fraction of sp³-hybridized carbons (Fsp3) is 0.667. The van der Waals surface area contributed by atoms with E-state index in [0.29, 0.717) is 6.73 Å². The summed E-state index contributed by atoms with van der Waals surface area (Å²) in [6, 6.07) is 0. The minimum atomic E-state index is 0.694. The molecule has 0 spiro atoms. The molecule has 1 N–H and O–H groups in total. The highest BCUT2D eigenvalue weighted by Gasteiger charge is 1.93. The molecule has 0 amide bonds. The molecule has 0 bridgehead atoms. The molecule has 0 aliphatic carbocycles. The van der Waals surface area contributed by atoms with E-state index in [0.717, 1.165) is 6.54 Å². The van der Waals surface area contributed by atoms with Crippen molar-refractivity contribution in [3.05, 3.63) is 6.61 Å². The Kier molecular flexibility index (Phi) is 0.862. The molecule has 0 saturated carbocycles. The number of hydrogen-bond donors (Lipinski definition) is 1. The van der Waals surface area contributed by atoms with E-state index < -0.39 is 0 Å². The van der Waals surface area contributed by atoms with Gasteiger partial charge in [-0.25, -0.2) is 0 Å². The van der Waals surface area contributed by atoms with Gasteiger partial charge in [0.25, 0.3) is 0 Å². The van der Waals surface area contributed by atoms with E-state index >= 15 is 0 Å². The Balaban J connectivity index is 2.08. The van der Waals surface area contributed by atoms with Crippen LogP contribution in [0.4, 0.5) is 0 Å². The van der Waals surface area contributed by atoms with Crippen LogP contribution in [0.1, 0.15) is 0 Å². The number of nitrogens with one attached hydrogen (secondary N) is 1. The summed E-state index contributed by atoms with van der Waals surface area (Å²) < 4.78 is 4.71. The zero-order chi connectivity index (χ0) is 3.54. The molecule has 1 saturated heterocycles. The van der Waals surface area contributed by atoms with Gasteiger partial charge in [0.15, 0.2) is 0 Å². The summed E-state index contributed by atoms with van der Waals surface area (Å²) in [6.07, 6.45) is 0. The van der Waals surface area contributed by atoms with Gasteiger partial charge in [-0.3, -0.25) is 5.32 Å². The van der Waals surface area contributed by atoms with Gasteiger partial charge in [-0.1, -0.05) is 0 Å². The first-order chi connectivity index (χ1) is 2.50. The average Bonchev–Trinajstić information content (AvgIpc) is 1.76. The summed E-state index contributed by atoms with van der Waals surface area (Å²) in [4.78, 5) is 0. The summed E-state index contributed by atoms with van der Waals surface area (Å²) >= 11 is 0. The van der Waals surface area contributed by atoms with E-state index in [-0.39, 0.29) is 0 Å². The summed E-state index contributed by atoms with van der Waals surface area (Å²) in [7, 11) is 0. The standard InChI is InChI=1S/C3H6NO/c1-2-5-3-4-1/h2,4H,1,3H2. The maximum Gasteiger partial charge on any atom is 0.0992 e. The SMILES string of the molecule is [CH]1CNCO1. The Morgan fingerprint density at radius 3 is 3.00 bits per heavy atom. The lowest BCUT2D eigenvalue weighted by Crippen LogP contribution is -2.04. The van der Waals surface area contributed by atoms with E-state index in [2.05, 4.69) is 5.32 Å². The first kappa shape index (κ1) is 3.12. The van der Waals surface area contributed by atoms with Crippen molar-refractivity contribution < 1.29 is 4.74 Å². The summed E-state index contributed by atoms with van der Waals surface area (Å²) in [5, 5.41) is 2.94. The molecule has 5 heavy (non-hydrogen) atoms. The topological polar surface area (TPSA) is 21.3 Å². The molecule has 0 aromatic carbocycles. The third-order valence-corrected chi connectivity index (χ3v) is 0.531. The van der Waals surface area contributed by atoms with Gasteiger partial charge in [0.2, 0.25) is 0 Å². The largest absolute Gasteiger partial charge is 0.359 e. The smallest absolute Gasteiger partial charge is 0.0992 e. The highest BCUT2D eigenvalue weighted by molar-refractivity contribution is 4.58. The highest BCUT2D eigenvalue weighted by Crippen LogP contribution is 1.82. The Bertz CT molecular complexity index is 18.5. The zero-order valence-electron chi connectivity index (χ0n) is 2.90. The fourth-order valence-electron chi connectivity index (χ4n) is 0.295. The second kappa shape index (κ2) is 1.38. The summed E-state index contributed by atoms with van der Waals surface area (Å²) in [5.74, 6) is 0. The van der Waals surface area contributed by atoms with Gasteiger partial charge in [-0.2, -0.15) is 0 Å². The molecular weight excluding hydrogens is 66.0 g/mol. The first-order valence-electron chi connectivity index (χ1n) is 1.64. The Morgan fingerprint density at radius 1 is 1.80 bits per heavy atom. The molecule has 2 nitrogen and oxygen atoms in total. The maximum atomic E-state index is 4.71. The number of hydrogen-bond acceptors (Lipinski definition) is 2. The van der Waals surface area contributed by atoms with Gasteiger partial charge < -0.3 is 4.74 Å². The lowest BCUT2D eigenvalue weighted by molar-refractivity contribution is 0.246. The van der Waals surface area contributed by atoms with Crippen LogP contribution in [0.3, 0.4) is 0 Å². The van der Waals surface area contributed by atoms with Crippen LogP contribution in [0.25, 0.3) is 0 Å². The molecule has 0 aromatic rings. The van der Waals surface area contributed by atoms with E-state index in [1.165, 1.54) is 0 Å². The first-order valence-corrected chi connectivity index (χ1v) is 1.64. The average molecular weight is 72.1 g/mol. The molecule has 1 radical (unpaired) electrons. The molecule has 1 rings (SSSR count). The Labute approximate surface area is 31.1 Å². The predicted octanol–water partition coefficient (Wildman–Crippen LogP) is -0.275. The van der Waals surface area contributed by atoms with E-state index in [9.17, 15) is 0 Å². The number of rotatable bonds is 0. The van der Waals surface area contributed by atoms with Crippen molar-refractivity contribution in [1.82, 2.24) is 5.32 Å². The van der Waals surface area contributed by atoms with E-state index in [1.807, 2.05) is 0 Å². The lowest BCUT2D eigenvalue weighted by Gasteiger charge is -1.76. The van der Waals surface area contributed by atoms with Crippen molar-refractivity contribution in [3.8, 4) is 0 Å². The van der Waals surface area contributed by atoms with Crippen molar-refractivity contribution in [2.24, 2.45) is 0 Å². The van der Waals surface area contributed by atoms with Gasteiger partial charge in [0.05, 0.1) is 13.3 Å². The van der Waals surface area contributed by atoms with E-state index in [1.54, 1.807) is 6.61 Å².